The van der Waals surface area contributed by atoms with E-state index in [1.807, 2.05) is 31.6 Å². The van der Waals surface area contributed by atoms with Crippen LogP contribution in [0.3, 0.4) is 0 Å². The highest BCUT2D eigenvalue weighted by Gasteiger charge is 2.00. The summed E-state index contributed by atoms with van der Waals surface area (Å²) in [5.74, 6) is 0.980. The summed E-state index contributed by atoms with van der Waals surface area (Å²) in [5, 5.41) is 3.08. The molecule has 2 aromatic rings. The van der Waals surface area contributed by atoms with Gasteiger partial charge in [-0.15, -0.1) is 0 Å². The monoisotopic (exact) mass is 202 g/mol. The summed E-state index contributed by atoms with van der Waals surface area (Å²) < 4.78 is 0. The van der Waals surface area contributed by atoms with Crippen molar-refractivity contribution in [2.24, 2.45) is 0 Å². The van der Waals surface area contributed by atoms with E-state index in [0.717, 1.165) is 24.5 Å². The van der Waals surface area contributed by atoms with Crippen LogP contribution >= 0.6 is 0 Å². The highest BCUT2D eigenvalue weighted by Crippen LogP contribution is 2.04. The van der Waals surface area contributed by atoms with Gasteiger partial charge in [-0.25, -0.2) is 4.98 Å². The van der Waals surface area contributed by atoms with Crippen LogP contribution in [0.4, 0.5) is 0 Å². The molecule has 0 spiro atoms. The molecule has 4 heteroatoms. The zero-order chi connectivity index (χ0) is 10.5. The topological polar surface area (TPSA) is 53.6 Å². The Morgan fingerprint density at radius 1 is 1.40 bits per heavy atom. The average molecular weight is 202 g/mol. The van der Waals surface area contributed by atoms with Gasteiger partial charge in [0.25, 0.3) is 0 Å². The van der Waals surface area contributed by atoms with Crippen molar-refractivity contribution in [2.45, 2.75) is 13.0 Å². The Bertz CT molecular complexity index is 408. The van der Waals surface area contributed by atoms with Crippen molar-refractivity contribution >= 4 is 0 Å². The minimum Gasteiger partial charge on any atom is -0.345 e. The van der Waals surface area contributed by atoms with Gasteiger partial charge in [-0.1, -0.05) is 6.07 Å². The van der Waals surface area contributed by atoms with E-state index in [-0.39, 0.29) is 0 Å². The van der Waals surface area contributed by atoms with E-state index < -0.39 is 0 Å². The lowest BCUT2D eigenvalue weighted by Crippen LogP contribution is -2.05. The van der Waals surface area contributed by atoms with Crippen LogP contribution < -0.4 is 5.32 Å². The quantitative estimate of drug-likeness (QED) is 0.781. The number of imidazole rings is 1. The fourth-order valence-corrected chi connectivity index (χ4v) is 1.47. The second-order valence-electron chi connectivity index (χ2n) is 3.42. The summed E-state index contributed by atoms with van der Waals surface area (Å²) in [4.78, 5) is 11.6. The number of aromatic amines is 1. The summed E-state index contributed by atoms with van der Waals surface area (Å²) in [6.45, 7) is 0.819. The molecule has 0 amide bonds. The van der Waals surface area contributed by atoms with E-state index in [1.54, 1.807) is 6.20 Å². The van der Waals surface area contributed by atoms with Gasteiger partial charge in [0, 0.05) is 37.3 Å². The molecule has 2 rings (SSSR count). The zero-order valence-electron chi connectivity index (χ0n) is 8.70. The van der Waals surface area contributed by atoms with Gasteiger partial charge in [0.2, 0.25) is 0 Å². The van der Waals surface area contributed by atoms with Crippen LogP contribution in [0.25, 0.3) is 0 Å². The summed E-state index contributed by atoms with van der Waals surface area (Å²) in [6, 6.07) is 3.99. The van der Waals surface area contributed by atoms with E-state index in [0.29, 0.717) is 0 Å². The maximum Gasteiger partial charge on any atom is 0.110 e. The Morgan fingerprint density at radius 3 is 3.07 bits per heavy atom. The second-order valence-corrected chi connectivity index (χ2v) is 3.42. The number of hydrogen-bond donors (Lipinski definition) is 2. The molecule has 0 unspecified atom stereocenters. The third-order valence-corrected chi connectivity index (χ3v) is 2.14. The molecular formula is C11H14N4. The van der Waals surface area contributed by atoms with Crippen molar-refractivity contribution in [3.05, 3.63) is 47.8 Å². The first kappa shape index (κ1) is 9.86. The van der Waals surface area contributed by atoms with Gasteiger partial charge in [0.15, 0.2) is 0 Å². The lowest BCUT2D eigenvalue weighted by Gasteiger charge is -1.97. The summed E-state index contributed by atoms with van der Waals surface area (Å²) >= 11 is 0. The molecule has 4 nitrogen and oxygen atoms in total. The van der Waals surface area contributed by atoms with Crippen LogP contribution in [0.15, 0.2) is 30.7 Å². The maximum absolute atomic E-state index is 4.31. The van der Waals surface area contributed by atoms with Crippen LogP contribution in [0.2, 0.25) is 0 Å². The molecule has 0 fully saturated rings. The predicted octanol–water partition coefficient (Wildman–Crippen LogP) is 1.11. The first-order valence-electron chi connectivity index (χ1n) is 4.95. The largest absolute Gasteiger partial charge is 0.345 e. The van der Waals surface area contributed by atoms with Gasteiger partial charge in [-0.3, -0.25) is 4.98 Å². The van der Waals surface area contributed by atoms with Crippen molar-refractivity contribution < 1.29 is 0 Å². The van der Waals surface area contributed by atoms with E-state index >= 15 is 0 Å². The van der Waals surface area contributed by atoms with Gasteiger partial charge in [-0.2, -0.15) is 0 Å². The highest BCUT2D eigenvalue weighted by atomic mass is 14.9. The molecule has 2 aromatic heterocycles. The summed E-state index contributed by atoms with van der Waals surface area (Å²) in [6.07, 6.45) is 6.30. The molecule has 0 atom stereocenters. The fraction of sp³-hybridized carbons (Fsp3) is 0.273. The number of H-pyrrole nitrogens is 1. The first-order valence-corrected chi connectivity index (χ1v) is 4.95. The summed E-state index contributed by atoms with van der Waals surface area (Å²) in [5.41, 5.74) is 2.28. The van der Waals surface area contributed by atoms with Gasteiger partial charge in [0.05, 0.1) is 0 Å². The predicted molar refractivity (Wildman–Crippen MR) is 58.4 cm³/mol. The van der Waals surface area contributed by atoms with Gasteiger partial charge in [0.1, 0.15) is 5.82 Å². The van der Waals surface area contributed by atoms with E-state index in [1.165, 1.54) is 5.56 Å². The Hall–Kier alpha value is -1.68. The van der Waals surface area contributed by atoms with Gasteiger partial charge < -0.3 is 10.3 Å². The molecule has 0 saturated carbocycles. The first-order chi connectivity index (χ1) is 7.38. The molecule has 2 heterocycles. The van der Waals surface area contributed by atoms with E-state index in [4.69, 9.17) is 0 Å². The standard InChI is InChI=1S/C11H14N4/c1-12-7-10-8-14-11(15-10)5-9-3-2-4-13-6-9/h2-4,6,8,12H,5,7H2,1H3,(H,14,15). The van der Waals surface area contributed by atoms with Crippen LogP contribution in [-0.4, -0.2) is 22.0 Å². The number of pyridine rings is 1. The molecule has 0 radical (unpaired) electrons. The smallest absolute Gasteiger partial charge is 0.110 e. The number of hydrogen-bond acceptors (Lipinski definition) is 3. The van der Waals surface area contributed by atoms with Gasteiger partial charge >= 0.3 is 0 Å². The van der Waals surface area contributed by atoms with Gasteiger partial charge in [-0.05, 0) is 18.7 Å². The highest BCUT2D eigenvalue weighted by molar-refractivity contribution is 5.15. The van der Waals surface area contributed by atoms with Crippen molar-refractivity contribution in [2.75, 3.05) is 7.05 Å². The van der Waals surface area contributed by atoms with E-state index in [2.05, 4.69) is 20.3 Å². The Labute approximate surface area is 88.8 Å². The Balaban J connectivity index is 2.05. The van der Waals surface area contributed by atoms with Crippen molar-refractivity contribution in [3.8, 4) is 0 Å². The second kappa shape index (κ2) is 4.70. The number of aromatic nitrogens is 3. The Kier molecular flexibility index (Phi) is 3.09. The summed E-state index contributed by atoms with van der Waals surface area (Å²) in [7, 11) is 1.92. The molecule has 0 aliphatic carbocycles. The normalized spacial score (nSPS) is 10.5. The molecule has 78 valence electrons. The molecule has 2 N–H and O–H groups in total. The number of nitrogens with one attached hydrogen (secondary N) is 2. The molecule has 0 aliphatic rings. The number of rotatable bonds is 4. The maximum atomic E-state index is 4.31. The van der Waals surface area contributed by atoms with Crippen LogP contribution in [0.1, 0.15) is 17.1 Å². The average Bonchev–Trinajstić information content (AvgIpc) is 2.68. The third kappa shape index (κ3) is 2.63. The SMILES string of the molecule is CNCc1cnc(Cc2cccnc2)[nH]1. The minimum absolute atomic E-state index is 0.803. The van der Waals surface area contributed by atoms with E-state index in [9.17, 15) is 0 Å². The van der Waals surface area contributed by atoms with Crippen LogP contribution in [0, 0.1) is 0 Å². The molecule has 0 bridgehead atoms. The third-order valence-electron chi connectivity index (χ3n) is 2.14. The van der Waals surface area contributed by atoms with Crippen LogP contribution in [0.5, 0.6) is 0 Å². The van der Waals surface area contributed by atoms with Crippen molar-refractivity contribution in [1.29, 1.82) is 0 Å². The Morgan fingerprint density at radius 2 is 2.33 bits per heavy atom. The van der Waals surface area contributed by atoms with Crippen molar-refractivity contribution in [3.63, 3.8) is 0 Å². The molecule has 0 aromatic carbocycles. The molecule has 0 aliphatic heterocycles. The van der Waals surface area contributed by atoms with Crippen molar-refractivity contribution in [1.82, 2.24) is 20.3 Å². The fourth-order valence-electron chi connectivity index (χ4n) is 1.47. The lowest BCUT2D eigenvalue weighted by molar-refractivity contribution is 0.793. The minimum atomic E-state index is 0.803. The molecular weight excluding hydrogens is 188 g/mol. The molecule has 0 saturated heterocycles. The molecule has 15 heavy (non-hydrogen) atoms. The zero-order valence-corrected chi connectivity index (χ0v) is 8.70. The lowest BCUT2D eigenvalue weighted by atomic mass is 10.2. The van der Waals surface area contributed by atoms with Crippen LogP contribution in [-0.2, 0) is 13.0 Å². The number of nitrogens with zero attached hydrogens (tertiary/aromatic N) is 2.